The summed E-state index contributed by atoms with van der Waals surface area (Å²) in [5.41, 5.74) is 4.08. The Kier molecular flexibility index (Phi) is 8.24. The van der Waals surface area contributed by atoms with E-state index in [0.717, 1.165) is 30.1 Å². The Bertz CT molecular complexity index is 1160. The van der Waals surface area contributed by atoms with Gasteiger partial charge in [-0.25, -0.2) is 4.79 Å². The predicted octanol–water partition coefficient (Wildman–Crippen LogP) is 4.36. The smallest absolute Gasteiger partial charge is 0.344 e. The number of hydrogen-bond acceptors (Lipinski definition) is 6. The molecule has 0 aliphatic carbocycles. The van der Waals surface area contributed by atoms with E-state index in [1.807, 2.05) is 44.2 Å². The van der Waals surface area contributed by atoms with Crippen LogP contribution in [-0.4, -0.2) is 42.4 Å². The second-order valence-electron chi connectivity index (χ2n) is 7.99. The summed E-state index contributed by atoms with van der Waals surface area (Å²) < 4.78 is 17.8. The molecule has 7 heteroatoms. The molecule has 178 valence electrons. The fourth-order valence-electron chi connectivity index (χ4n) is 3.65. The van der Waals surface area contributed by atoms with E-state index < -0.39 is 5.97 Å². The molecule has 2 aromatic carbocycles. The highest BCUT2D eigenvalue weighted by Gasteiger charge is 2.17. The van der Waals surface area contributed by atoms with Crippen molar-refractivity contribution in [2.24, 2.45) is 0 Å². The van der Waals surface area contributed by atoms with Crippen molar-refractivity contribution in [3.05, 3.63) is 82.7 Å². The molecule has 0 radical (unpaired) electrons. The minimum atomic E-state index is -0.641. The molecule has 1 heterocycles. The molecule has 0 bridgehead atoms. The van der Waals surface area contributed by atoms with Crippen molar-refractivity contribution in [3.63, 3.8) is 0 Å². The lowest BCUT2D eigenvalue weighted by molar-refractivity contribution is -0.144. The predicted molar refractivity (Wildman–Crippen MR) is 128 cm³/mol. The fraction of sp³-hybridized carbons (Fsp3) is 0.296. The molecular formula is C27H29NO6. The van der Waals surface area contributed by atoms with E-state index in [2.05, 4.69) is 4.57 Å². The summed E-state index contributed by atoms with van der Waals surface area (Å²) in [6.07, 6.45) is 0.813. The SMILES string of the molecule is COc1ccc(CCn2c(C)cc(C(=O)COC(=O)COc3ccc(C(C)=O)cc3)c2C)cc1. The van der Waals surface area contributed by atoms with Gasteiger partial charge in [-0.05, 0) is 75.2 Å². The minimum Gasteiger partial charge on any atom is -0.497 e. The lowest BCUT2D eigenvalue weighted by atomic mass is 10.1. The number of esters is 1. The quantitative estimate of drug-likeness (QED) is 0.310. The average molecular weight is 464 g/mol. The number of aromatic nitrogens is 1. The molecule has 34 heavy (non-hydrogen) atoms. The van der Waals surface area contributed by atoms with Crippen molar-refractivity contribution in [1.29, 1.82) is 0 Å². The number of hydrogen-bond donors (Lipinski definition) is 0. The average Bonchev–Trinajstić information content (AvgIpc) is 3.13. The van der Waals surface area contributed by atoms with E-state index in [9.17, 15) is 14.4 Å². The summed E-state index contributed by atoms with van der Waals surface area (Å²) in [4.78, 5) is 36.0. The van der Waals surface area contributed by atoms with Gasteiger partial charge < -0.3 is 18.8 Å². The third-order valence-electron chi connectivity index (χ3n) is 5.64. The molecule has 0 saturated heterocycles. The fourth-order valence-corrected chi connectivity index (χ4v) is 3.65. The number of nitrogens with zero attached hydrogens (tertiary/aromatic N) is 1. The Morgan fingerprint density at radius 2 is 1.53 bits per heavy atom. The largest absolute Gasteiger partial charge is 0.497 e. The van der Waals surface area contributed by atoms with Crippen LogP contribution < -0.4 is 9.47 Å². The van der Waals surface area contributed by atoms with E-state index in [1.54, 1.807) is 31.4 Å². The first-order valence-electron chi connectivity index (χ1n) is 11.0. The van der Waals surface area contributed by atoms with Crippen LogP contribution in [0.5, 0.6) is 11.5 Å². The van der Waals surface area contributed by atoms with Gasteiger partial charge in [-0.15, -0.1) is 0 Å². The van der Waals surface area contributed by atoms with Gasteiger partial charge >= 0.3 is 5.97 Å². The monoisotopic (exact) mass is 463 g/mol. The zero-order chi connectivity index (χ0) is 24.7. The standard InChI is InChI=1S/C27H29NO6/c1-18-15-25(19(2)28(18)14-13-21-5-9-23(32-4)10-6-21)26(30)16-34-27(31)17-33-24-11-7-22(8-12-24)20(3)29/h5-12,15H,13-14,16-17H2,1-4H3. The number of carbonyl (C=O) groups is 3. The highest BCUT2D eigenvalue weighted by molar-refractivity contribution is 5.99. The zero-order valence-corrected chi connectivity index (χ0v) is 19.9. The third-order valence-corrected chi connectivity index (χ3v) is 5.64. The molecule has 0 aliphatic heterocycles. The van der Waals surface area contributed by atoms with Crippen LogP contribution in [0.2, 0.25) is 0 Å². The van der Waals surface area contributed by atoms with Crippen LogP contribution in [0.1, 0.15) is 44.6 Å². The summed E-state index contributed by atoms with van der Waals surface area (Å²) in [6, 6.07) is 16.2. The number of methoxy groups -OCH3 is 1. The van der Waals surface area contributed by atoms with Crippen molar-refractivity contribution in [3.8, 4) is 11.5 Å². The van der Waals surface area contributed by atoms with Crippen molar-refractivity contribution < 1.29 is 28.6 Å². The maximum Gasteiger partial charge on any atom is 0.344 e. The Labute approximate surface area is 199 Å². The first-order valence-corrected chi connectivity index (χ1v) is 11.0. The number of rotatable bonds is 11. The van der Waals surface area contributed by atoms with Gasteiger partial charge in [0, 0.05) is 29.1 Å². The van der Waals surface area contributed by atoms with Crippen LogP contribution in [0.15, 0.2) is 54.6 Å². The van der Waals surface area contributed by atoms with Gasteiger partial charge in [0.25, 0.3) is 0 Å². The van der Waals surface area contributed by atoms with E-state index >= 15 is 0 Å². The summed E-state index contributed by atoms with van der Waals surface area (Å²) in [5.74, 6) is 0.300. The van der Waals surface area contributed by atoms with Crippen LogP contribution in [0.25, 0.3) is 0 Å². The van der Waals surface area contributed by atoms with Crippen LogP contribution in [-0.2, 0) is 22.5 Å². The van der Waals surface area contributed by atoms with Crippen molar-refractivity contribution in [2.75, 3.05) is 20.3 Å². The van der Waals surface area contributed by atoms with Crippen molar-refractivity contribution >= 4 is 17.5 Å². The van der Waals surface area contributed by atoms with Crippen LogP contribution in [0, 0.1) is 13.8 Å². The third kappa shape index (κ3) is 6.34. The summed E-state index contributed by atoms with van der Waals surface area (Å²) in [7, 11) is 1.64. The Morgan fingerprint density at radius 3 is 2.15 bits per heavy atom. The highest BCUT2D eigenvalue weighted by atomic mass is 16.6. The minimum absolute atomic E-state index is 0.0513. The molecule has 0 saturated carbocycles. The number of carbonyl (C=O) groups excluding carboxylic acids is 3. The summed E-state index contributed by atoms with van der Waals surface area (Å²) >= 11 is 0. The topological polar surface area (TPSA) is 83.8 Å². The zero-order valence-electron chi connectivity index (χ0n) is 19.9. The van der Waals surface area contributed by atoms with Crippen LogP contribution in [0.4, 0.5) is 0 Å². The van der Waals surface area contributed by atoms with E-state index in [4.69, 9.17) is 14.2 Å². The van der Waals surface area contributed by atoms with Gasteiger partial charge in [0.1, 0.15) is 11.5 Å². The van der Waals surface area contributed by atoms with Crippen molar-refractivity contribution in [1.82, 2.24) is 4.57 Å². The molecule has 0 unspecified atom stereocenters. The van der Waals surface area contributed by atoms with Gasteiger partial charge in [-0.3, -0.25) is 9.59 Å². The van der Waals surface area contributed by atoms with Gasteiger partial charge in [-0.2, -0.15) is 0 Å². The Balaban J connectivity index is 1.51. The van der Waals surface area contributed by atoms with Gasteiger partial charge in [0.2, 0.25) is 5.78 Å². The van der Waals surface area contributed by atoms with E-state index in [1.165, 1.54) is 12.5 Å². The first-order chi connectivity index (χ1) is 16.3. The molecule has 0 atom stereocenters. The Morgan fingerprint density at radius 1 is 0.882 bits per heavy atom. The first kappa shape index (κ1) is 24.8. The van der Waals surface area contributed by atoms with E-state index in [0.29, 0.717) is 16.9 Å². The number of Topliss-reactive ketones (excluding diaryl/α,β-unsaturated/α-hetero) is 2. The van der Waals surface area contributed by atoms with Gasteiger partial charge in [0.15, 0.2) is 19.0 Å². The number of ketones is 2. The number of benzene rings is 2. The normalized spacial score (nSPS) is 10.6. The highest BCUT2D eigenvalue weighted by Crippen LogP contribution is 2.18. The van der Waals surface area contributed by atoms with Crippen LogP contribution >= 0.6 is 0 Å². The second-order valence-corrected chi connectivity index (χ2v) is 7.99. The lowest BCUT2D eigenvalue weighted by Crippen LogP contribution is -2.20. The molecule has 3 aromatic rings. The Hall–Kier alpha value is -3.87. The van der Waals surface area contributed by atoms with Gasteiger partial charge in [-0.1, -0.05) is 12.1 Å². The number of ether oxygens (including phenoxy) is 3. The van der Waals surface area contributed by atoms with E-state index in [-0.39, 0.29) is 24.8 Å². The van der Waals surface area contributed by atoms with Crippen LogP contribution in [0.3, 0.4) is 0 Å². The molecule has 7 nitrogen and oxygen atoms in total. The number of aryl methyl sites for hydroxylation is 2. The molecule has 0 fully saturated rings. The molecule has 0 aliphatic rings. The molecule has 0 spiro atoms. The molecule has 1 aromatic heterocycles. The lowest BCUT2D eigenvalue weighted by Gasteiger charge is -2.11. The molecular weight excluding hydrogens is 434 g/mol. The summed E-state index contributed by atoms with van der Waals surface area (Å²) in [6.45, 7) is 5.37. The summed E-state index contributed by atoms with van der Waals surface area (Å²) in [5, 5.41) is 0. The maximum atomic E-state index is 12.7. The molecule has 0 N–H and O–H groups in total. The molecule has 3 rings (SSSR count). The van der Waals surface area contributed by atoms with Gasteiger partial charge in [0.05, 0.1) is 7.11 Å². The van der Waals surface area contributed by atoms with Crippen molar-refractivity contribution in [2.45, 2.75) is 33.7 Å². The maximum absolute atomic E-state index is 12.7. The second kappa shape index (κ2) is 11.3. The molecule has 0 amide bonds.